The highest BCUT2D eigenvalue weighted by atomic mass is 79.9. The molecule has 1 atom stereocenters. The van der Waals surface area contributed by atoms with Crippen LogP contribution >= 0.6 is 39.1 Å². The van der Waals surface area contributed by atoms with Crippen molar-refractivity contribution in [1.29, 1.82) is 0 Å². The molecule has 2 aromatic carbocycles. The van der Waals surface area contributed by atoms with E-state index in [1.165, 1.54) is 0 Å². The van der Waals surface area contributed by atoms with E-state index < -0.39 is 11.9 Å². The summed E-state index contributed by atoms with van der Waals surface area (Å²) in [6.07, 6.45) is 0. The number of hydrogen-bond acceptors (Lipinski definition) is 2. The summed E-state index contributed by atoms with van der Waals surface area (Å²) < 4.78 is 0.830. The smallest absolute Gasteiger partial charge is 0.244 e. The molecule has 3 nitrogen and oxygen atoms in total. The normalized spacial score (nSPS) is 11.9. The highest BCUT2D eigenvalue weighted by Gasteiger charge is 2.21. The van der Waals surface area contributed by atoms with Crippen LogP contribution in [0.1, 0.15) is 11.6 Å². The minimum absolute atomic E-state index is 0.390. The lowest BCUT2D eigenvalue weighted by atomic mass is 10.1. The number of nitrogens with one attached hydrogen (secondary N) is 1. The van der Waals surface area contributed by atoms with Crippen LogP contribution in [-0.2, 0) is 4.79 Å². The van der Waals surface area contributed by atoms with Gasteiger partial charge in [0.2, 0.25) is 5.91 Å². The van der Waals surface area contributed by atoms with Crippen LogP contribution < -0.4 is 11.1 Å². The molecule has 0 aliphatic heterocycles. The Kier molecular flexibility index (Phi) is 4.91. The first kappa shape index (κ1) is 15.2. The summed E-state index contributed by atoms with van der Waals surface area (Å²) in [6, 6.07) is 11.6. The van der Waals surface area contributed by atoms with Gasteiger partial charge in [-0.05, 0) is 40.2 Å². The molecular formula is C14H11BrCl2N2O. The van der Waals surface area contributed by atoms with Crippen LogP contribution in [0.2, 0.25) is 10.0 Å². The average molecular weight is 374 g/mol. The van der Waals surface area contributed by atoms with Gasteiger partial charge < -0.3 is 11.1 Å². The number of para-hydroxylation sites is 1. The molecule has 0 aromatic heterocycles. The van der Waals surface area contributed by atoms with Crippen molar-refractivity contribution >= 4 is 50.7 Å². The summed E-state index contributed by atoms with van der Waals surface area (Å²) in [5.41, 5.74) is 6.80. The molecule has 104 valence electrons. The zero-order valence-electron chi connectivity index (χ0n) is 10.2. The minimum atomic E-state index is -0.738. The molecule has 0 heterocycles. The van der Waals surface area contributed by atoms with Gasteiger partial charge in [-0.1, -0.05) is 41.4 Å². The number of carbonyl (C=O) groups is 1. The molecule has 2 aromatic rings. The molecule has 1 unspecified atom stereocenters. The highest BCUT2D eigenvalue weighted by Crippen LogP contribution is 2.31. The average Bonchev–Trinajstić information content (AvgIpc) is 2.38. The highest BCUT2D eigenvalue weighted by molar-refractivity contribution is 9.10. The summed E-state index contributed by atoms with van der Waals surface area (Å²) in [5.74, 6) is -0.523. The van der Waals surface area contributed by atoms with Gasteiger partial charge in [0.25, 0.3) is 0 Å². The molecular weight excluding hydrogens is 363 g/mol. The molecule has 0 aliphatic carbocycles. The molecule has 20 heavy (non-hydrogen) atoms. The number of hydrogen-bond donors (Lipinski definition) is 2. The topological polar surface area (TPSA) is 55.1 Å². The Morgan fingerprint density at radius 2 is 1.90 bits per heavy atom. The van der Waals surface area contributed by atoms with Crippen molar-refractivity contribution in [3.05, 3.63) is 62.5 Å². The molecule has 0 saturated carbocycles. The molecule has 0 bridgehead atoms. The fraction of sp³-hybridized carbons (Fsp3) is 0.0714. The van der Waals surface area contributed by atoms with E-state index in [4.69, 9.17) is 28.9 Å². The second-order valence-corrected chi connectivity index (χ2v) is 5.82. The first-order chi connectivity index (χ1) is 9.49. The molecule has 0 saturated heterocycles. The largest absolute Gasteiger partial charge is 0.369 e. The second kappa shape index (κ2) is 6.48. The number of rotatable bonds is 4. The van der Waals surface area contributed by atoms with Crippen molar-refractivity contribution in [1.82, 2.24) is 0 Å². The summed E-state index contributed by atoms with van der Waals surface area (Å²) in [5, 5.41) is 3.97. The lowest BCUT2D eigenvalue weighted by Gasteiger charge is -2.19. The van der Waals surface area contributed by atoms with E-state index in [-0.39, 0.29) is 0 Å². The Balaban J connectivity index is 2.37. The predicted octanol–water partition coefficient (Wildman–Crippen LogP) is 4.39. The summed E-state index contributed by atoms with van der Waals surface area (Å²) in [7, 11) is 0. The zero-order chi connectivity index (χ0) is 14.7. The number of halogens is 3. The third-order valence-electron chi connectivity index (χ3n) is 2.73. The van der Waals surface area contributed by atoms with Crippen LogP contribution in [-0.4, -0.2) is 5.91 Å². The van der Waals surface area contributed by atoms with Gasteiger partial charge in [-0.25, -0.2) is 0 Å². The minimum Gasteiger partial charge on any atom is -0.369 e. The number of benzene rings is 2. The Hall–Kier alpha value is -1.23. The Morgan fingerprint density at radius 3 is 2.50 bits per heavy atom. The number of carbonyl (C=O) groups excluding carboxylic acids is 1. The van der Waals surface area contributed by atoms with Gasteiger partial charge in [-0.3, -0.25) is 4.79 Å². The molecule has 0 fully saturated rings. The number of primary amides is 1. The fourth-order valence-corrected chi connectivity index (χ4v) is 2.69. The first-order valence-electron chi connectivity index (χ1n) is 5.74. The Morgan fingerprint density at radius 1 is 1.20 bits per heavy atom. The maximum atomic E-state index is 11.7. The van der Waals surface area contributed by atoms with Crippen LogP contribution in [0.15, 0.2) is 46.9 Å². The van der Waals surface area contributed by atoms with Gasteiger partial charge in [0.1, 0.15) is 6.04 Å². The summed E-state index contributed by atoms with van der Waals surface area (Å²) >= 11 is 15.4. The number of nitrogens with two attached hydrogens (primary N) is 1. The molecule has 6 heteroatoms. The van der Waals surface area contributed by atoms with Crippen molar-refractivity contribution in [2.24, 2.45) is 5.73 Å². The quantitative estimate of drug-likeness (QED) is 0.834. The van der Waals surface area contributed by atoms with Crippen molar-refractivity contribution in [3.8, 4) is 0 Å². The number of anilines is 1. The van der Waals surface area contributed by atoms with Crippen LogP contribution in [0.4, 0.5) is 5.69 Å². The van der Waals surface area contributed by atoms with Crippen molar-refractivity contribution in [3.63, 3.8) is 0 Å². The van der Waals surface area contributed by atoms with Crippen molar-refractivity contribution in [2.45, 2.75) is 6.04 Å². The van der Waals surface area contributed by atoms with E-state index in [2.05, 4.69) is 21.2 Å². The summed E-state index contributed by atoms with van der Waals surface area (Å²) in [6.45, 7) is 0. The van der Waals surface area contributed by atoms with Crippen LogP contribution in [0.25, 0.3) is 0 Å². The lowest BCUT2D eigenvalue weighted by Crippen LogP contribution is -2.28. The standard InChI is InChI=1S/C14H11BrCl2N2O/c15-10-3-1-2-4-12(10)19-13(14(18)20)9-6-5-8(16)7-11(9)17/h1-7,13,19H,(H2,18,20). The monoisotopic (exact) mass is 372 g/mol. The van der Waals surface area contributed by atoms with Crippen LogP contribution in [0, 0.1) is 0 Å². The van der Waals surface area contributed by atoms with E-state index >= 15 is 0 Å². The van der Waals surface area contributed by atoms with Gasteiger partial charge >= 0.3 is 0 Å². The first-order valence-corrected chi connectivity index (χ1v) is 7.29. The molecule has 2 rings (SSSR count). The van der Waals surface area contributed by atoms with Crippen LogP contribution in [0.5, 0.6) is 0 Å². The second-order valence-electron chi connectivity index (χ2n) is 4.13. The SMILES string of the molecule is NC(=O)C(Nc1ccccc1Br)c1ccc(Cl)cc1Cl. The predicted molar refractivity (Wildman–Crippen MR) is 86.2 cm³/mol. The number of amides is 1. The third-order valence-corrected chi connectivity index (χ3v) is 3.99. The van der Waals surface area contributed by atoms with Gasteiger partial charge in [0, 0.05) is 25.8 Å². The molecule has 0 spiro atoms. The molecule has 0 aliphatic rings. The van der Waals surface area contributed by atoms with E-state index in [1.54, 1.807) is 18.2 Å². The van der Waals surface area contributed by atoms with Gasteiger partial charge in [0.15, 0.2) is 0 Å². The van der Waals surface area contributed by atoms with E-state index in [9.17, 15) is 4.79 Å². The third kappa shape index (κ3) is 3.45. The van der Waals surface area contributed by atoms with Crippen molar-refractivity contribution in [2.75, 3.05) is 5.32 Å². The van der Waals surface area contributed by atoms with E-state index in [0.717, 1.165) is 10.2 Å². The van der Waals surface area contributed by atoms with Gasteiger partial charge in [-0.15, -0.1) is 0 Å². The Bertz CT molecular complexity index is 649. The van der Waals surface area contributed by atoms with Gasteiger partial charge in [0.05, 0.1) is 0 Å². The van der Waals surface area contributed by atoms with Crippen LogP contribution in [0.3, 0.4) is 0 Å². The zero-order valence-corrected chi connectivity index (χ0v) is 13.3. The van der Waals surface area contributed by atoms with E-state index in [1.807, 2.05) is 24.3 Å². The van der Waals surface area contributed by atoms with Gasteiger partial charge in [-0.2, -0.15) is 0 Å². The fourth-order valence-electron chi connectivity index (χ4n) is 1.77. The maximum Gasteiger partial charge on any atom is 0.244 e. The summed E-state index contributed by atoms with van der Waals surface area (Å²) in [4.78, 5) is 11.7. The molecule has 0 radical (unpaired) electrons. The lowest BCUT2D eigenvalue weighted by molar-refractivity contribution is -0.118. The Labute approximate surface area is 135 Å². The van der Waals surface area contributed by atoms with Crippen molar-refractivity contribution < 1.29 is 4.79 Å². The molecule has 1 amide bonds. The van der Waals surface area contributed by atoms with E-state index in [0.29, 0.717) is 15.6 Å². The molecule has 3 N–H and O–H groups in total. The maximum absolute atomic E-state index is 11.7.